The quantitative estimate of drug-likeness (QED) is 0.775. The maximum absolute atomic E-state index is 5.75. The van der Waals surface area contributed by atoms with Gasteiger partial charge in [0.15, 0.2) is 0 Å². The van der Waals surface area contributed by atoms with Crippen LogP contribution in [0.3, 0.4) is 0 Å². The molecule has 0 spiro atoms. The Morgan fingerprint density at radius 3 is 2.60 bits per heavy atom. The van der Waals surface area contributed by atoms with E-state index in [0.29, 0.717) is 6.61 Å². The second-order valence-electron chi connectivity index (χ2n) is 5.08. The van der Waals surface area contributed by atoms with Crippen LogP contribution in [0.25, 0.3) is 0 Å². The molecule has 0 amide bonds. The summed E-state index contributed by atoms with van der Waals surface area (Å²) in [5.74, 6) is 2.70. The molecule has 0 bridgehead atoms. The number of aryl methyl sites for hydroxylation is 2. The summed E-state index contributed by atoms with van der Waals surface area (Å²) in [6.45, 7) is 8.59. The van der Waals surface area contributed by atoms with E-state index in [1.165, 1.54) is 11.1 Å². The van der Waals surface area contributed by atoms with Crippen LogP contribution in [0.4, 0.5) is 0 Å². The molecule has 0 saturated carbocycles. The van der Waals surface area contributed by atoms with Crippen molar-refractivity contribution >= 4 is 0 Å². The van der Waals surface area contributed by atoms with Crippen molar-refractivity contribution in [3.05, 3.63) is 53.0 Å². The normalized spacial score (nSPS) is 10.8. The summed E-state index contributed by atoms with van der Waals surface area (Å²) in [6, 6.07) is 10.1. The number of ether oxygens (including phenoxy) is 1. The highest BCUT2D eigenvalue weighted by atomic mass is 16.5. The molecule has 3 nitrogen and oxygen atoms in total. The molecular formula is C17H23NO2. The first-order chi connectivity index (χ1) is 9.69. The fraction of sp³-hybridized carbons (Fsp3) is 0.412. The average molecular weight is 273 g/mol. The van der Waals surface area contributed by atoms with Gasteiger partial charge in [-0.15, -0.1) is 0 Å². The lowest BCUT2D eigenvalue weighted by atomic mass is 10.1. The Balaban J connectivity index is 1.85. The third kappa shape index (κ3) is 4.14. The summed E-state index contributed by atoms with van der Waals surface area (Å²) in [5.41, 5.74) is 2.52. The molecule has 108 valence electrons. The van der Waals surface area contributed by atoms with E-state index in [-0.39, 0.29) is 0 Å². The number of benzene rings is 1. The van der Waals surface area contributed by atoms with Gasteiger partial charge in [-0.1, -0.05) is 13.0 Å². The van der Waals surface area contributed by atoms with Gasteiger partial charge in [0, 0.05) is 0 Å². The second kappa shape index (κ2) is 7.15. The van der Waals surface area contributed by atoms with Gasteiger partial charge in [-0.2, -0.15) is 0 Å². The van der Waals surface area contributed by atoms with Crippen LogP contribution in [0.15, 0.2) is 34.7 Å². The van der Waals surface area contributed by atoms with Crippen molar-refractivity contribution in [1.82, 2.24) is 5.32 Å². The van der Waals surface area contributed by atoms with Gasteiger partial charge in [0.2, 0.25) is 0 Å². The van der Waals surface area contributed by atoms with Crippen molar-refractivity contribution in [1.29, 1.82) is 0 Å². The van der Waals surface area contributed by atoms with E-state index >= 15 is 0 Å². The first kappa shape index (κ1) is 14.7. The summed E-state index contributed by atoms with van der Waals surface area (Å²) in [4.78, 5) is 0. The Morgan fingerprint density at radius 1 is 1.05 bits per heavy atom. The standard InChI is InChI=1S/C17H23NO2/c1-4-9-18-11-16-7-8-17(20-16)12-19-15-6-5-13(2)14(3)10-15/h5-8,10,18H,4,9,11-12H2,1-3H3. The van der Waals surface area contributed by atoms with E-state index in [2.05, 4.69) is 38.2 Å². The molecule has 0 radical (unpaired) electrons. The van der Waals surface area contributed by atoms with Crippen molar-refractivity contribution < 1.29 is 9.15 Å². The molecule has 0 fully saturated rings. The van der Waals surface area contributed by atoms with Gasteiger partial charge in [0.05, 0.1) is 6.54 Å². The highest BCUT2D eigenvalue weighted by molar-refractivity contribution is 5.33. The molecular weight excluding hydrogens is 250 g/mol. The third-order valence-corrected chi connectivity index (χ3v) is 3.30. The van der Waals surface area contributed by atoms with Crippen LogP contribution in [0, 0.1) is 13.8 Å². The predicted octanol–water partition coefficient (Wildman–Crippen LogP) is 3.98. The van der Waals surface area contributed by atoms with Gasteiger partial charge >= 0.3 is 0 Å². The Morgan fingerprint density at radius 2 is 1.85 bits per heavy atom. The maximum atomic E-state index is 5.75. The van der Waals surface area contributed by atoms with E-state index in [9.17, 15) is 0 Å². The molecule has 0 saturated heterocycles. The van der Waals surface area contributed by atoms with Crippen molar-refractivity contribution in [2.24, 2.45) is 0 Å². The predicted molar refractivity (Wildman–Crippen MR) is 81.0 cm³/mol. The van der Waals surface area contributed by atoms with Crippen LogP contribution >= 0.6 is 0 Å². The fourth-order valence-electron chi connectivity index (χ4n) is 1.94. The van der Waals surface area contributed by atoms with Gasteiger partial charge in [0.1, 0.15) is 23.9 Å². The van der Waals surface area contributed by atoms with Crippen molar-refractivity contribution in [3.8, 4) is 5.75 Å². The topological polar surface area (TPSA) is 34.4 Å². The van der Waals surface area contributed by atoms with Gasteiger partial charge in [-0.25, -0.2) is 0 Å². The summed E-state index contributed by atoms with van der Waals surface area (Å²) in [5, 5.41) is 3.32. The summed E-state index contributed by atoms with van der Waals surface area (Å²) >= 11 is 0. The van der Waals surface area contributed by atoms with E-state index in [0.717, 1.165) is 36.8 Å². The SMILES string of the molecule is CCCNCc1ccc(COc2ccc(C)c(C)c2)o1. The molecule has 3 heteroatoms. The van der Waals surface area contributed by atoms with Crippen molar-refractivity contribution in [2.75, 3.05) is 6.54 Å². The lowest BCUT2D eigenvalue weighted by molar-refractivity contribution is 0.265. The number of hydrogen-bond acceptors (Lipinski definition) is 3. The Bertz CT molecular complexity index is 546. The van der Waals surface area contributed by atoms with Crippen molar-refractivity contribution in [2.45, 2.75) is 40.3 Å². The maximum Gasteiger partial charge on any atom is 0.146 e. The molecule has 0 aliphatic heterocycles. The molecule has 0 aliphatic carbocycles. The Labute approximate surface area is 121 Å². The van der Waals surface area contributed by atoms with Crippen LogP contribution in [-0.4, -0.2) is 6.54 Å². The molecule has 2 rings (SSSR count). The average Bonchev–Trinajstić information content (AvgIpc) is 2.88. The lowest BCUT2D eigenvalue weighted by Gasteiger charge is -2.07. The minimum atomic E-state index is 0.469. The van der Waals surface area contributed by atoms with Crippen LogP contribution in [0.2, 0.25) is 0 Å². The van der Waals surface area contributed by atoms with Crippen LogP contribution in [0.5, 0.6) is 5.75 Å². The highest BCUT2D eigenvalue weighted by Gasteiger charge is 2.03. The van der Waals surface area contributed by atoms with E-state index in [1.807, 2.05) is 18.2 Å². The molecule has 0 atom stereocenters. The molecule has 0 aliphatic rings. The second-order valence-corrected chi connectivity index (χ2v) is 5.08. The molecule has 1 aromatic carbocycles. The van der Waals surface area contributed by atoms with E-state index in [4.69, 9.17) is 9.15 Å². The third-order valence-electron chi connectivity index (χ3n) is 3.30. The minimum Gasteiger partial charge on any atom is -0.486 e. The molecule has 1 N–H and O–H groups in total. The lowest BCUT2D eigenvalue weighted by Crippen LogP contribution is -2.13. The number of hydrogen-bond donors (Lipinski definition) is 1. The first-order valence-corrected chi connectivity index (χ1v) is 7.17. The monoisotopic (exact) mass is 273 g/mol. The minimum absolute atomic E-state index is 0.469. The number of furan rings is 1. The zero-order chi connectivity index (χ0) is 14.4. The van der Waals surface area contributed by atoms with Crippen LogP contribution in [0.1, 0.15) is 36.0 Å². The summed E-state index contributed by atoms with van der Waals surface area (Å²) in [7, 11) is 0. The van der Waals surface area contributed by atoms with Crippen molar-refractivity contribution in [3.63, 3.8) is 0 Å². The molecule has 1 aromatic heterocycles. The fourth-order valence-corrected chi connectivity index (χ4v) is 1.94. The van der Waals surface area contributed by atoms with Gasteiger partial charge < -0.3 is 14.5 Å². The molecule has 0 unspecified atom stereocenters. The zero-order valence-electron chi connectivity index (χ0n) is 12.5. The summed E-state index contributed by atoms with van der Waals surface area (Å²) in [6.07, 6.45) is 1.13. The van der Waals surface area contributed by atoms with Gasteiger partial charge in [-0.3, -0.25) is 0 Å². The number of nitrogens with one attached hydrogen (secondary N) is 1. The molecule has 20 heavy (non-hydrogen) atoms. The van der Waals surface area contributed by atoms with Gasteiger partial charge in [0.25, 0.3) is 0 Å². The number of rotatable bonds is 7. The molecule has 1 heterocycles. The summed E-state index contributed by atoms with van der Waals surface area (Å²) < 4.78 is 11.5. The highest BCUT2D eigenvalue weighted by Crippen LogP contribution is 2.18. The Hall–Kier alpha value is -1.74. The first-order valence-electron chi connectivity index (χ1n) is 7.17. The smallest absolute Gasteiger partial charge is 0.146 e. The molecule has 2 aromatic rings. The largest absolute Gasteiger partial charge is 0.486 e. The van der Waals surface area contributed by atoms with E-state index < -0.39 is 0 Å². The van der Waals surface area contributed by atoms with Crippen LogP contribution < -0.4 is 10.1 Å². The van der Waals surface area contributed by atoms with Gasteiger partial charge in [-0.05, 0) is 62.2 Å². The Kier molecular flexibility index (Phi) is 5.24. The van der Waals surface area contributed by atoms with Crippen LogP contribution in [-0.2, 0) is 13.2 Å². The van der Waals surface area contributed by atoms with E-state index in [1.54, 1.807) is 0 Å². The zero-order valence-corrected chi connectivity index (χ0v) is 12.5.